The summed E-state index contributed by atoms with van der Waals surface area (Å²) in [5, 5.41) is 2.05. The number of thiophene rings is 1. The quantitative estimate of drug-likeness (QED) is 0.788. The predicted octanol–water partition coefficient (Wildman–Crippen LogP) is 2.04. The number of nitrogens with zero attached hydrogens (tertiary/aromatic N) is 1. The molecule has 1 aromatic rings. The minimum absolute atomic E-state index is 0.0195. The van der Waals surface area contributed by atoms with Crippen LogP contribution in [0.2, 0.25) is 0 Å². The standard InChI is InChI=1S/C13H20N2OS/c1-4-6-12(14)13(16)15(3)10(2)9-11-7-5-8-17-11/h4-5,7-8,10,12H,1,6,9,14H2,2-3H3. The number of nitrogens with two attached hydrogens (primary N) is 1. The van der Waals surface area contributed by atoms with Gasteiger partial charge in [-0.3, -0.25) is 4.79 Å². The molecule has 1 rings (SSSR count). The average Bonchev–Trinajstić information content (AvgIpc) is 2.80. The molecule has 1 aromatic heterocycles. The molecule has 1 amide bonds. The summed E-state index contributed by atoms with van der Waals surface area (Å²) in [5.74, 6) is -0.0195. The Labute approximate surface area is 107 Å². The molecule has 1 heterocycles. The van der Waals surface area contributed by atoms with Crippen LogP contribution in [0.3, 0.4) is 0 Å². The van der Waals surface area contributed by atoms with Gasteiger partial charge in [-0.1, -0.05) is 12.1 Å². The van der Waals surface area contributed by atoms with Crippen LogP contribution in [0.5, 0.6) is 0 Å². The molecular weight excluding hydrogens is 232 g/mol. The number of carbonyl (C=O) groups excluding carboxylic acids is 1. The van der Waals surface area contributed by atoms with Gasteiger partial charge < -0.3 is 10.6 Å². The van der Waals surface area contributed by atoms with Crippen molar-refractivity contribution in [2.45, 2.75) is 31.8 Å². The normalized spacial score (nSPS) is 14.1. The van der Waals surface area contributed by atoms with Crippen molar-refractivity contribution in [2.24, 2.45) is 5.73 Å². The molecule has 0 aliphatic carbocycles. The third-order valence-electron chi connectivity index (χ3n) is 2.82. The monoisotopic (exact) mass is 252 g/mol. The lowest BCUT2D eigenvalue weighted by Crippen LogP contribution is -2.46. The lowest BCUT2D eigenvalue weighted by molar-refractivity contribution is -0.132. The molecule has 17 heavy (non-hydrogen) atoms. The van der Waals surface area contributed by atoms with Crippen LogP contribution in [0.1, 0.15) is 18.2 Å². The Kier molecular flexibility index (Phi) is 5.38. The first-order valence-corrected chi connectivity index (χ1v) is 6.59. The van der Waals surface area contributed by atoms with Crippen LogP contribution in [-0.4, -0.2) is 29.9 Å². The van der Waals surface area contributed by atoms with Crippen molar-refractivity contribution in [3.05, 3.63) is 35.0 Å². The summed E-state index contributed by atoms with van der Waals surface area (Å²) in [6.07, 6.45) is 3.08. The van der Waals surface area contributed by atoms with Crippen LogP contribution >= 0.6 is 11.3 Å². The zero-order valence-corrected chi connectivity index (χ0v) is 11.2. The first-order valence-electron chi connectivity index (χ1n) is 5.71. The van der Waals surface area contributed by atoms with E-state index in [-0.39, 0.29) is 11.9 Å². The van der Waals surface area contributed by atoms with E-state index in [9.17, 15) is 4.79 Å². The molecule has 0 aliphatic rings. The Morgan fingerprint density at radius 1 is 1.71 bits per heavy atom. The summed E-state index contributed by atoms with van der Waals surface area (Å²) in [5.41, 5.74) is 5.78. The van der Waals surface area contributed by atoms with Crippen LogP contribution in [0.25, 0.3) is 0 Å². The lowest BCUT2D eigenvalue weighted by atomic mass is 10.1. The zero-order valence-electron chi connectivity index (χ0n) is 10.4. The maximum atomic E-state index is 12.0. The molecule has 0 aliphatic heterocycles. The first-order chi connectivity index (χ1) is 8.06. The smallest absolute Gasteiger partial charge is 0.239 e. The van der Waals surface area contributed by atoms with Crippen molar-refractivity contribution in [3.63, 3.8) is 0 Å². The average molecular weight is 252 g/mol. The molecule has 0 spiro atoms. The van der Waals surface area contributed by atoms with E-state index in [4.69, 9.17) is 5.73 Å². The van der Waals surface area contributed by atoms with Gasteiger partial charge in [-0.2, -0.15) is 0 Å². The second kappa shape index (κ2) is 6.57. The summed E-state index contributed by atoms with van der Waals surface area (Å²) >= 11 is 1.71. The van der Waals surface area contributed by atoms with E-state index >= 15 is 0 Å². The number of amides is 1. The van der Waals surface area contributed by atoms with E-state index in [1.54, 1.807) is 22.3 Å². The number of carbonyl (C=O) groups is 1. The first kappa shape index (κ1) is 13.9. The summed E-state index contributed by atoms with van der Waals surface area (Å²) in [6.45, 7) is 5.64. The largest absolute Gasteiger partial charge is 0.341 e. The van der Waals surface area contributed by atoms with E-state index < -0.39 is 6.04 Å². The Bertz CT molecular complexity index is 362. The van der Waals surface area contributed by atoms with Crippen LogP contribution < -0.4 is 5.73 Å². The lowest BCUT2D eigenvalue weighted by Gasteiger charge is -2.27. The molecule has 0 fully saturated rings. The second-order valence-electron chi connectivity index (χ2n) is 4.21. The molecular formula is C13H20N2OS. The highest BCUT2D eigenvalue weighted by Crippen LogP contribution is 2.14. The predicted molar refractivity (Wildman–Crippen MR) is 73.0 cm³/mol. The van der Waals surface area contributed by atoms with Crippen LogP contribution in [0.4, 0.5) is 0 Å². The molecule has 0 radical (unpaired) electrons. The fourth-order valence-corrected chi connectivity index (χ4v) is 2.44. The molecule has 94 valence electrons. The topological polar surface area (TPSA) is 46.3 Å². The van der Waals surface area contributed by atoms with Gasteiger partial charge in [0.25, 0.3) is 0 Å². The van der Waals surface area contributed by atoms with Gasteiger partial charge in [0.15, 0.2) is 0 Å². The van der Waals surface area contributed by atoms with Crippen LogP contribution in [-0.2, 0) is 11.2 Å². The Morgan fingerprint density at radius 2 is 2.41 bits per heavy atom. The Balaban J connectivity index is 2.53. The van der Waals surface area contributed by atoms with Crippen molar-refractivity contribution in [3.8, 4) is 0 Å². The molecule has 3 nitrogen and oxygen atoms in total. The van der Waals surface area contributed by atoms with Gasteiger partial charge in [0.2, 0.25) is 5.91 Å². The van der Waals surface area contributed by atoms with Crippen molar-refractivity contribution < 1.29 is 4.79 Å². The van der Waals surface area contributed by atoms with E-state index in [1.807, 2.05) is 25.4 Å². The van der Waals surface area contributed by atoms with Gasteiger partial charge in [-0.05, 0) is 24.8 Å². The van der Waals surface area contributed by atoms with Crippen molar-refractivity contribution in [1.29, 1.82) is 0 Å². The summed E-state index contributed by atoms with van der Waals surface area (Å²) in [7, 11) is 1.81. The van der Waals surface area contributed by atoms with Gasteiger partial charge >= 0.3 is 0 Å². The summed E-state index contributed by atoms with van der Waals surface area (Å²) in [4.78, 5) is 15.0. The van der Waals surface area contributed by atoms with E-state index in [0.29, 0.717) is 6.42 Å². The summed E-state index contributed by atoms with van der Waals surface area (Å²) in [6, 6.07) is 3.81. The molecule has 0 saturated carbocycles. The SMILES string of the molecule is C=CCC(N)C(=O)N(C)C(C)Cc1cccs1. The third kappa shape index (κ3) is 3.98. The fraction of sp³-hybridized carbons (Fsp3) is 0.462. The molecule has 0 bridgehead atoms. The maximum Gasteiger partial charge on any atom is 0.239 e. The molecule has 0 saturated heterocycles. The molecule has 4 heteroatoms. The van der Waals surface area contributed by atoms with Gasteiger partial charge in [-0.25, -0.2) is 0 Å². The van der Waals surface area contributed by atoms with Gasteiger partial charge in [0.05, 0.1) is 6.04 Å². The zero-order chi connectivity index (χ0) is 12.8. The van der Waals surface area contributed by atoms with Crippen LogP contribution in [0, 0.1) is 0 Å². The highest BCUT2D eigenvalue weighted by Gasteiger charge is 2.21. The minimum atomic E-state index is -0.469. The van der Waals surface area contributed by atoms with Crippen molar-refractivity contribution in [1.82, 2.24) is 4.90 Å². The number of rotatable bonds is 6. The highest BCUT2D eigenvalue weighted by molar-refractivity contribution is 7.09. The third-order valence-corrected chi connectivity index (χ3v) is 3.72. The van der Waals surface area contributed by atoms with Gasteiger partial charge in [0, 0.05) is 24.4 Å². The molecule has 2 atom stereocenters. The molecule has 2 unspecified atom stereocenters. The fourth-order valence-electron chi connectivity index (χ4n) is 1.62. The molecule has 0 aromatic carbocycles. The minimum Gasteiger partial charge on any atom is -0.341 e. The number of hydrogen-bond donors (Lipinski definition) is 1. The molecule has 2 N–H and O–H groups in total. The van der Waals surface area contributed by atoms with E-state index in [0.717, 1.165) is 6.42 Å². The maximum absolute atomic E-state index is 12.0. The van der Waals surface area contributed by atoms with Gasteiger partial charge in [0.1, 0.15) is 0 Å². The van der Waals surface area contributed by atoms with Crippen LogP contribution in [0.15, 0.2) is 30.2 Å². The Hall–Kier alpha value is -1.13. The number of hydrogen-bond acceptors (Lipinski definition) is 3. The van der Waals surface area contributed by atoms with E-state index in [1.165, 1.54) is 4.88 Å². The van der Waals surface area contributed by atoms with Crippen molar-refractivity contribution in [2.75, 3.05) is 7.05 Å². The summed E-state index contributed by atoms with van der Waals surface area (Å²) < 4.78 is 0. The highest BCUT2D eigenvalue weighted by atomic mass is 32.1. The van der Waals surface area contributed by atoms with Crippen molar-refractivity contribution >= 4 is 17.2 Å². The van der Waals surface area contributed by atoms with E-state index in [2.05, 4.69) is 12.6 Å². The second-order valence-corrected chi connectivity index (χ2v) is 5.24. The Morgan fingerprint density at radius 3 is 2.94 bits per heavy atom. The number of likely N-dealkylation sites (N-methyl/N-ethyl adjacent to an activating group) is 1. The van der Waals surface area contributed by atoms with Gasteiger partial charge in [-0.15, -0.1) is 17.9 Å².